The molecule has 2 nitrogen and oxygen atoms in total. The maximum atomic E-state index is 13.2. The van der Waals surface area contributed by atoms with E-state index in [0.717, 1.165) is 6.07 Å². The fraction of sp³-hybridized carbons (Fsp3) is 0.214. The summed E-state index contributed by atoms with van der Waals surface area (Å²) >= 11 is 0. The van der Waals surface area contributed by atoms with E-state index in [9.17, 15) is 22.7 Å². The zero-order valence-corrected chi connectivity index (χ0v) is 10.4. The van der Waals surface area contributed by atoms with Gasteiger partial charge in [-0.2, -0.15) is 13.2 Å². The van der Waals surface area contributed by atoms with Crippen molar-refractivity contribution in [3.8, 4) is 0 Å². The second-order valence-electron chi connectivity index (χ2n) is 4.32. The summed E-state index contributed by atoms with van der Waals surface area (Å²) in [5.74, 6) is -1.36. The van der Waals surface area contributed by atoms with Crippen LogP contribution in [0.3, 0.4) is 0 Å². The van der Waals surface area contributed by atoms with Gasteiger partial charge < -0.3 is 5.11 Å². The molecule has 0 saturated carbocycles. The summed E-state index contributed by atoms with van der Waals surface area (Å²) in [4.78, 5) is 3.96. The predicted octanol–water partition coefficient (Wildman–Crippen LogP) is 3.63. The van der Waals surface area contributed by atoms with Crippen LogP contribution in [0, 0.1) is 12.7 Å². The molecule has 0 aliphatic heterocycles. The number of hydrogen-bond acceptors (Lipinski definition) is 2. The molecule has 0 saturated heterocycles. The lowest BCUT2D eigenvalue weighted by Crippen LogP contribution is -2.11. The van der Waals surface area contributed by atoms with E-state index in [1.54, 1.807) is 19.1 Å². The van der Waals surface area contributed by atoms with Gasteiger partial charge in [0.15, 0.2) is 0 Å². The van der Waals surface area contributed by atoms with Gasteiger partial charge in [-0.1, -0.05) is 12.1 Å². The predicted molar refractivity (Wildman–Crippen MR) is 64.4 cm³/mol. The van der Waals surface area contributed by atoms with Gasteiger partial charge in [0.05, 0.1) is 5.56 Å². The third-order valence-corrected chi connectivity index (χ3v) is 2.95. The Morgan fingerprint density at radius 3 is 2.50 bits per heavy atom. The zero-order valence-electron chi connectivity index (χ0n) is 10.4. The molecule has 0 aliphatic carbocycles. The van der Waals surface area contributed by atoms with Gasteiger partial charge in [-0.15, -0.1) is 0 Å². The lowest BCUT2D eigenvalue weighted by Gasteiger charge is -2.16. The summed E-state index contributed by atoms with van der Waals surface area (Å²) in [5.41, 5.74) is -0.546. The van der Waals surface area contributed by atoms with E-state index >= 15 is 0 Å². The van der Waals surface area contributed by atoms with Crippen molar-refractivity contribution in [3.63, 3.8) is 0 Å². The van der Waals surface area contributed by atoms with Crippen LogP contribution < -0.4 is 0 Å². The molecule has 2 aromatic rings. The van der Waals surface area contributed by atoms with Crippen molar-refractivity contribution in [1.29, 1.82) is 0 Å². The van der Waals surface area contributed by atoms with Gasteiger partial charge in [0.2, 0.25) is 0 Å². The highest BCUT2D eigenvalue weighted by molar-refractivity contribution is 5.35. The van der Waals surface area contributed by atoms with Crippen molar-refractivity contribution >= 4 is 0 Å². The second-order valence-corrected chi connectivity index (χ2v) is 4.32. The molecule has 6 heteroatoms. The van der Waals surface area contributed by atoms with Crippen LogP contribution in [0.1, 0.15) is 28.5 Å². The third kappa shape index (κ3) is 2.80. The van der Waals surface area contributed by atoms with Crippen LogP contribution in [-0.2, 0) is 6.18 Å². The monoisotopic (exact) mass is 285 g/mol. The molecule has 1 atom stereocenters. The molecule has 1 N–H and O–H groups in total. The number of alkyl halides is 3. The van der Waals surface area contributed by atoms with E-state index in [1.807, 2.05) is 0 Å². The summed E-state index contributed by atoms with van der Waals surface area (Å²) in [6, 6.07) is 5.57. The Labute approximate surface area is 112 Å². The molecule has 0 amide bonds. The number of rotatable bonds is 2. The minimum atomic E-state index is -4.80. The molecule has 0 radical (unpaired) electrons. The first-order chi connectivity index (χ1) is 9.30. The summed E-state index contributed by atoms with van der Waals surface area (Å²) in [5, 5.41) is 10.1. The van der Waals surface area contributed by atoms with Crippen molar-refractivity contribution in [3.05, 3.63) is 64.7 Å². The highest BCUT2D eigenvalue weighted by Gasteiger charge is 2.34. The van der Waals surface area contributed by atoms with Crippen molar-refractivity contribution in [2.75, 3.05) is 0 Å². The van der Waals surface area contributed by atoms with Gasteiger partial charge in [-0.05, 0) is 30.7 Å². The van der Waals surface area contributed by atoms with Gasteiger partial charge in [0.1, 0.15) is 11.9 Å². The highest BCUT2D eigenvalue weighted by atomic mass is 19.4. The van der Waals surface area contributed by atoms with Gasteiger partial charge in [0, 0.05) is 17.5 Å². The average Bonchev–Trinajstić information content (AvgIpc) is 2.37. The molecule has 106 valence electrons. The summed E-state index contributed by atoms with van der Waals surface area (Å²) < 4.78 is 51.1. The number of nitrogens with zero attached hydrogens (tertiary/aromatic N) is 1. The lowest BCUT2D eigenvalue weighted by atomic mass is 9.98. The molecule has 2 rings (SSSR count). The first-order valence-electron chi connectivity index (χ1n) is 5.77. The fourth-order valence-corrected chi connectivity index (χ4v) is 1.90. The third-order valence-electron chi connectivity index (χ3n) is 2.95. The maximum Gasteiger partial charge on any atom is 0.419 e. The molecular formula is C14H11F4NO. The molecule has 0 bridgehead atoms. The lowest BCUT2D eigenvalue weighted by molar-refractivity contribution is -0.140. The number of aromatic nitrogens is 1. The minimum absolute atomic E-state index is 0.0326. The molecule has 1 heterocycles. The molecule has 20 heavy (non-hydrogen) atoms. The Morgan fingerprint density at radius 1 is 1.20 bits per heavy atom. The van der Waals surface area contributed by atoms with E-state index in [-0.39, 0.29) is 5.56 Å². The highest BCUT2D eigenvalue weighted by Crippen LogP contribution is 2.34. The van der Waals surface area contributed by atoms with Crippen LogP contribution in [0.2, 0.25) is 0 Å². The number of aliphatic hydroxyl groups excluding tert-OH is 1. The SMILES string of the molecule is Cc1ncccc1C(O)c1ccc(F)c(C(F)(F)F)c1. The summed E-state index contributed by atoms with van der Waals surface area (Å²) in [7, 11) is 0. The van der Waals surface area contributed by atoms with Crippen LogP contribution >= 0.6 is 0 Å². The van der Waals surface area contributed by atoms with E-state index in [1.165, 1.54) is 6.20 Å². The second kappa shape index (κ2) is 5.20. The largest absolute Gasteiger partial charge is 0.419 e. The Morgan fingerprint density at radius 2 is 1.90 bits per heavy atom. The van der Waals surface area contributed by atoms with Gasteiger partial charge in [-0.25, -0.2) is 4.39 Å². The molecule has 0 aliphatic rings. The van der Waals surface area contributed by atoms with Crippen molar-refractivity contribution in [1.82, 2.24) is 4.98 Å². The maximum absolute atomic E-state index is 13.2. The first kappa shape index (κ1) is 14.5. The quantitative estimate of drug-likeness (QED) is 0.855. The Balaban J connectivity index is 2.46. The smallest absolute Gasteiger partial charge is 0.384 e. The van der Waals surface area contributed by atoms with Gasteiger partial charge in [-0.3, -0.25) is 4.98 Å². The van der Waals surface area contributed by atoms with Gasteiger partial charge >= 0.3 is 6.18 Å². The fourth-order valence-electron chi connectivity index (χ4n) is 1.90. The van der Waals surface area contributed by atoms with E-state index in [4.69, 9.17) is 0 Å². The normalized spacial score (nSPS) is 13.3. The van der Waals surface area contributed by atoms with Crippen LogP contribution in [0.15, 0.2) is 36.5 Å². The Hall–Kier alpha value is -1.95. The molecule has 0 spiro atoms. The van der Waals surface area contributed by atoms with Crippen LogP contribution in [-0.4, -0.2) is 10.1 Å². The molecule has 0 fully saturated rings. The number of pyridine rings is 1. The number of aryl methyl sites for hydroxylation is 1. The van der Waals surface area contributed by atoms with Crippen molar-refractivity contribution in [2.45, 2.75) is 19.2 Å². The van der Waals surface area contributed by atoms with Crippen LogP contribution in [0.25, 0.3) is 0 Å². The van der Waals surface area contributed by atoms with Gasteiger partial charge in [0.25, 0.3) is 0 Å². The van der Waals surface area contributed by atoms with E-state index < -0.39 is 23.7 Å². The topological polar surface area (TPSA) is 33.1 Å². The summed E-state index contributed by atoms with van der Waals surface area (Å²) in [6.45, 7) is 1.63. The number of aliphatic hydroxyl groups is 1. The average molecular weight is 285 g/mol. The van der Waals surface area contributed by atoms with Crippen LogP contribution in [0.4, 0.5) is 17.6 Å². The van der Waals surface area contributed by atoms with Crippen molar-refractivity contribution < 1.29 is 22.7 Å². The first-order valence-corrected chi connectivity index (χ1v) is 5.77. The molecule has 1 aromatic heterocycles. The summed E-state index contributed by atoms with van der Waals surface area (Å²) in [6.07, 6.45) is -4.58. The Kier molecular flexibility index (Phi) is 3.76. The molecule has 1 unspecified atom stereocenters. The Bertz CT molecular complexity index is 625. The van der Waals surface area contributed by atoms with Crippen molar-refractivity contribution in [2.24, 2.45) is 0 Å². The van der Waals surface area contributed by atoms with Crippen LogP contribution in [0.5, 0.6) is 0 Å². The standard InChI is InChI=1S/C14H11F4NO/c1-8-10(3-2-6-19-8)13(20)9-4-5-12(15)11(7-9)14(16,17)18/h2-7,13,20H,1H3. The number of halogens is 4. The minimum Gasteiger partial charge on any atom is -0.384 e. The van der Waals surface area contributed by atoms with E-state index in [2.05, 4.69) is 4.98 Å². The molecular weight excluding hydrogens is 274 g/mol. The zero-order chi connectivity index (χ0) is 14.9. The number of benzene rings is 1. The number of hydrogen-bond donors (Lipinski definition) is 1. The van der Waals surface area contributed by atoms with E-state index in [0.29, 0.717) is 23.4 Å². The molecule has 1 aromatic carbocycles.